The minimum absolute atomic E-state index is 0.0605. The first-order valence-corrected chi connectivity index (χ1v) is 8.28. The molecule has 2 unspecified atom stereocenters. The maximum Gasteiger partial charge on any atom is 0.309 e. The summed E-state index contributed by atoms with van der Waals surface area (Å²) in [5, 5.41) is 9.50. The number of aliphatic carboxylic acids is 1. The average Bonchev–Trinajstić information content (AvgIpc) is 2.95. The van der Waals surface area contributed by atoms with Crippen LogP contribution in [0.15, 0.2) is 0 Å². The van der Waals surface area contributed by atoms with Gasteiger partial charge in [-0.2, -0.15) is 0 Å². The van der Waals surface area contributed by atoms with Crippen LogP contribution in [0.4, 0.5) is 0 Å². The van der Waals surface area contributed by atoms with E-state index in [1.165, 1.54) is 0 Å². The fourth-order valence-electron chi connectivity index (χ4n) is 4.21. The van der Waals surface area contributed by atoms with Crippen LogP contribution in [0.1, 0.15) is 45.4 Å². The molecular formula is C16H27NO4. The SMILES string of the molecule is CCC1(C(=O)O)CCN(C2CCOC3(CCOC3)C2)CC1. The Labute approximate surface area is 126 Å². The molecule has 3 aliphatic heterocycles. The summed E-state index contributed by atoms with van der Waals surface area (Å²) in [5.74, 6) is -0.614. The number of piperidine rings is 1. The number of hydrogen-bond donors (Lipinski definition) is 1. The molecule has 0 aliphatic carbocycles. The van der Waals surface area contributed by atoms with E-state index >= 15 is 0 Å². The Morgan fingerprint density at radius 3 is 2.62 bits per heavy atom. The lowest BCUT2D eigenvalue weighted by Gasteiger charge is -2.46. The highest BCUT2D eigenvalue weighted by atomic mass is 16.6. The van der Waals surface area contributed by atoms with Gasteiger partial charge >= 0.3 is 5.97 Å². The van der Waals surface area contributed by atoms with Crippen molar-refractivity contribution < 1.29 is 19.4 Å². The topological polar surface area (TPSA) is 59.0 Å². The molecule has 3 fully saturated rings. The summed E-state index contributed by atoms with van der Waals surface area (Å²) in [6.07, 6.45) is 5.40. The molecule has 3 saturated heterocycles. The molecule has 3 rings (SSSR count). The molecule has 2 atom stereocenters. The third-order valence-corrected chi connectivity index (χ3v) is 5.94. The second-order valence-corrected chi connectivity index (χ2v) is 6.96. The van der Waals surface area contributed by atoms with Crippen LogP contribution in [0.3, 0.4) is 0 Å². The number of ether oxygens (including phenoxy) is 2. The maximum atomic E-state index is 11.5. The van der Waals surface area contributed by atoms with Crippen LogP contribution in [0.5, 0.6) is 0 Å². The summed E-state index contributed by atoms with van der Waals surface area (Å²) in [6, 6.07) is 0.532. The summed E-state index contributed by atoms with van der Waals surface area (Å²) in [5.41, 5.74) is -0.551. The highest BCUT2D eigenvalue weighted by Crippen LogP contribution is 2.39. The normalized spacial score (nSPS) is 36.9. The number of rotatable bonds is 3. The van der Waals surface area contributed by atoms with E-state index in [1.54, 1.807) is 0 Å². The van der Waals surface area contributed by atoms with E-state index in [1.807, 2.05) is 6.92 Å². The Kier molecular flexibility index (Phi) is 4.26. The van der Waals surface area contributed by atoms with Crippen molar-refractivity contribution in [1.29, 1.82) is 0 Å². The van der Waals surface area contributed by atoms with Gasteiger partial charge in [0.15, 0.2) is 0 Å². The zero-order valence-electron chi connectivity index (χ0n) is 13.0. The lowest BCUT2D eigenvalue weighted by Crippen LogP contribution is -2.53. The zero-order valence-corrected chi connectivity index (χ0v) is 13.0. The Hall–Kier alpha value is -0.650. The average molecular weight is 297 g/mol. The number of carboxylic acids is 1. The quantitative estimate of drug-likeness (QED) is 0.862. The first-order chi connectivity index (χ1) is 10.1. The Bertz CT molecular complexity index is 384. The van der Waals surface area contributed by atoms with Gasteiger partial charge in [0.05, 0.1) is 17.6 Å². The van der Waals surface area contributed by atoms with Crippen molar-refractivity contribution >= 4 is 5.97 Å². The van der Waals surface area contributed by atoms with Crippen LogP contribution in [0, 0.1) is 5.41 Å². The molecule has 0 aromatic heterocycles. The van der Waals surface area contributed by atoms with Crippen molar-refractivity contribution in [2.24, 2.45) is 5.41 Å². The second-order valence-electron chi connectivity index (χ2n) is 6.96. The van der Waals surface area contributed by atoms with Gasteiger partial charge in [-0.1, -0.05) is 6.92 Å². The van der Waals surface area contributed by atoms with Crippen LogP contribution < -0.4 is 0 Å². The minimum atomic E-state index is -0.614. The van der Waals surface area contributed by atoms with E-state index in [4.69, 9.17) is 9.47 Å². The standard InChI is InChI=1S/C16H27NO4/c1-2-15(14(18)19)4-7-17(8-5-15)13-3-9-21-16(11-13)6-10-20-12-16/h13H,2-12H2,1H3,(H,18,19). The summed E-state index contributed by atoms with van der Waals surface area (Å²) < 4.78 is 11.5. The molecule has 0 radical (unpaired) electrons. The second kappa shape index (κ2) is 5.86. The van der Waals surface area contributed by atoms with Gasteiger partial charge in [0, 0.05) is 25.7 Å². The maximum absolute atomic E-state index is 11.5. The predicted octanol–water partition coefficient (Wildman–Crippen LogP) is 1.90. The van der Waals surface area contributed by atoms with Gasteiger partial charge in [0.25, 0.3) is 0 Å². The molecule has 0 aromatic rings. The predicted molar refractivity (Wildman–Crippen MR) is 78.3 cm³/mol. The van der Waals surface area contributed by atoms with Crippen molar-refractivity contribution in [1.82, 2.24) is 4.90 Å². The van der Waals surface area contributed by atoms with E-state index in [0.717, 1.165) is 71.4 Å². The van der Waals surface area contributed by atoms with Crippen LogP contribution in [0.2, 0.25) is 0 Å². The molecule has 3 heterocycles. The van der Waals surface area contributed by atoms with Gasteiger partial charge in [0.1, 0.15) is 0 Å². The Morgan fingerprint density at radius 1 is 1.29 bits per heavy atom. The minimum Gasteiger partial charge on any atom is -0.481 e. The first kappa shape index (κ1) is 15.3. The first-order valence-electron chi connectivity index (χ1n) is 8.28. The summed E-state index contributed by atoms with van der Waals surface area (Å²) in [6.45, 7) is 6.16. The van der Waals surface area contributed by atoms with Gasteiger partial charge < -0.3 is 19.5 Å². The third kappa shape index (κ3) is 2.83. The number of hydrogen-bond acceptors (Lipinski definition) is 4. The number of carboxylic acid groups (broad SMARTS) is 1. The van der Waals surface area contributed by atoms with Gasteiger partial charge in [-0.3, -0.25) is 4.79 Å². The van der Waals surface area contributed by atoms with Crippen molar-refractivity contribution in [3.63, 3.8) is 0 Å². The third-order valence-electron chi connectivity index (χ3n) is 5.94. The van der Waals surface area contributed by atoms with Gasteiger partial charge in [0.2, 0.25) is 0 Å². The van der Waals surface area contributed by atoms with E-state index in [-0.39, 0.29) is 5.60 Å². The summed E-state index contributed by atoms with van der Waals surface area (Å²) in [7, 11) is 0. The van der Waals surface area contributed by atoms with Gasteiger partial charge in [-0.05, 0) is 45.2 Å². The largest absolute Gasteiger partial charge is 0.481 e. The number of likely N-dealkylation sites (tertiary alicyclic amines) is 1. The lowest BCUT2D eigenvalue weighted by atomic mass is 9.75. The number of nitrogens with zero attached hydrogens (tertiary/aromatic N) is 1. The van der Waals surface area contributed by atoms with Crippen LogP contribution in [-0.2, 0) is 14.3 Å². The molecule has 0 bridgehead atoms. The molecule has 5 heteroatoms. The molecule has 0 aromatic carbocycles. The van der Waals surface area contributed by atoms with Gasteiger partial charge in [-0.15, -0.1) is 0 Å². The molecule has 3 aliphatic rings. The highest BCUT2D eigenvalue weighted by molar-refractivity contribution is 5.74. The van der Waals surface area contributed by atoms with Crippen LogP contribution in [0.25, 0.3) is 0 Å². The summed E-state index contributed by atoms with van der Waals surface area (Å²) >= 11 is 0. The molecule has 5 nitrogen and oxygen atoms in total. The van der Waals surface area contributed by atoms with Crippen molar-refractivity contribution in [3.8, 4) is 0 Å². The Morgan fingerprint density at radius 2 is 2.05 bits per heavy atom. The van der Waals surface area contributed by atoms with Crippen LogP contribution >= 0.6 is 0 Å². The monoisotopic (exact) mass is 297 g/mol. The van der Waals surface area contributed by atoms with E-state index in [0.29, 0.717) is 6.04 Å². The molecule has 21 heavy (non-hydrogen) atoms. The molecular weight excluding hydrogens is 270 g/mol. The smallest absolute Gasteiger partial charge is 0.309 e. The van der Waals surface area contributed by atoms with Crippen LogP contribution in [-0.4, -0.2) is 60.5 Å². The van der Waals surface area contributed by atoms with E-state index < -0.39 is 11.4 Å². The fraction of sp³-hybridized carbons (Fsp3) is 0.938. The molecule has 1 spiro atoms. The van der Waals surface area contributed by atoms with Crippen molar-refractivity contribution in [3.05, 3.63) is 0 Å². The zero-order chi connectivity index (χ0) is 14.9. The highest BCUT2D eigenvalue weighted by Gasteiger charge is 2.45. The Balaban J connectivity index is 1.60. The van der Waals surface area contributed by atoms with Crippen molar-refractivity contribution in [2.75, 3.05) is 32.9 Å². The molecule has 120 valence electrons. The van der Waals surface area contributed by atoms with E-state index in [2.05, 4.69) is 4.90 Å². The molecule has 0 amide bonds. The van der Waals surface area contributed by atoms with Crippen molar-refractivity contribution in [2.45, 2.75) is 57.1 Å². The molecule has 0 saturated carbocycles. The molecule has 1 N–H and O–H groups in total. The number of carbonyl (C=O) groups is 1. The summed E-state index contributed by atoms with van der Waals surface area (Å²) in [4.78, 5) is 14.0. The lowest BCUT2D eigenvalue weighted by molar-refractivity contribution is -0.154. The van der Waals surface area contributed by atoms with E-state index in [9.17, 15) is 9.90 Å². The van der Waals surface area contributed by atoms with Gasteiger partial charge in [-0.25, -0.2) is 0 Å². The fourth-order valence-corrected chi connectivity index (χ4v) is 4.21.